The number of benzene rings is 2. The maximum atomic E-state index is 12.8. The van der Waals surface area contributed by atoms with E-state index in [1.807, 2.05) is 30.3 Å². The van der Waals surface area contributed by atoms with E-state index < -0.39 is 5.60 Å². The summed E-state index contributed by atoms with van der Waals surface area (Å²) in [5, 5.41) is 5.79. The highest BCUT2D eigenvalue weighted by Crippen LogP contribution is 2.27. The van der Waals surface area contributed by atoms with Crippen LogP contribution in [0.25, 0.3) is 0 Å². The van der Waals surface area contributed by atoms with Crippen molar-refractivity contribution in [3.05, 3.63) is 65.7 Å². The van der Waals surface area contributed by atoms with Gasteiger partial charge in [-0.1, -0.05) is 36.4 Å². The average molecular weight is 338 g/mol. The van der Waals surface area contributed by atoms with Crippen LogP contribution in [0, 0.1) is 0 Å². The minimum atomic E-state index is -1.12. The SMILES string of the molecule is CO[C@](C)(C(=O)Nc1cccc(C(=O)NC2CC2)c1)c1ccccc1. The number of anilines is 1. The van der Waals surface area contributed by atoms with E-state index in [4.69, 9.17) is 4.74 Å². The third-order valence-corrected chi connectivity index (χ3v) is 4.46. The van der Waals surface area contributed by atoms with Crippen molar-refractivity contribution in [2.24, 2.45) is 0 Å². The van der Waals surface area contributed by atoms with Crippen molar-refractivity contribution in [3.8, 4) is 0 Å². The summed E-state index contributed by atoms with van der Waals surface area (Å²) in [5.74, 6) is -0.405. The standard InChI is InChI=1S/C20H22N2O3/c1-20(25-2,15-8-4-3-5-9-15)19(24)22-17-10-6-7-14(13-17)18(23)21-16-11-12-16/h3-10,13,16H,11-12H2,1-2H3,(H,21,23)(H,22,24)/t20-/m0/s1. The van der Waals surface area contributed by atoms with Gasteiger partial charge in [0.2, 0.25) is 0 Å². The Balaban J connectivity index is 1.76. The van der Waals surface area contributed by atoms with Gasteiger partial charge < -0.3 is 15.4 Å². The molecule has 0 radical (unpaired) electrons. The first-order valence-corrected chi connectivity index (χ1v) is 8.36. The van der Waals surface area contributed by atoms with E-state index in [2.05, 4.69) is 10.6 Å². The lowest BCUT2D eigenvalue weighted by Crippen LogP contribution is -2.39. The molecule has 3 rings (SSSR count). The third-order valence-electron chi connectivity index (χ3n) is 4.46. The lowest BCUT2D eigenvalue weighted by atomic mass is 9.94. The first-order chi connectivity index (χ1) is 12.0. The fourth-order valence-corrected chi connectivity index (χ4v) is 2.58. The number of amides is 2. The van der Waals surface area contributed by atoms with Crippen LogP contribution in [0.2, 0.25) is 0 Å². The number of nitrogens with one attached hydrogen (secondary N) is 2. The molecular weight excluding hydrogens is 316 g/mol. The largest absolute Gasteiger partial charge is 0.364 e. The summed E-state index contributed by atoms with van der Waals surface area (Å²) in [6, 6.07) is 16.5. The van der Waals surface area contributed by atoms with Crippen molar-refractivity contribution in [3.63, 3.8) is 0 Å². The molecule has 0 spiro atoms. The quantitative estimate of drug-likeness (QED) is 0.850. The van der Waals surface area contributed by atoms with Crippen LogP contribution in [0.5, 0.6) is 0 Å². The second kappa shape index (κ2) is 7.07. The van der Waals surface area contributed by atoms with E-state index >= 15 is 0 Å². The Morgan fingerprint density at radius 2 is 1.80 bits per heavy atom. The zero-order valence-corrected chi connectivity index (χ0v) is 14.4. The zero-order chi connectivity index (χ0) is 17.9. The first kappa shape index (κ1) is 17.2. The van der Waals surface area contributed by atoms with Gasteiger partial charge in [-0.15, -0.1) is 0 Å². The Morgan fingerprint density at radius 3 is 2.44 bits per heavy atom. The molecule has 5 nitrogen and oxygen atoms in total. The van der Waals surface area contributed by atoms with Gasteiger partial charge in [0.25, 0.3) is 11.8 Å². The van der Waals surface area contributed by atoms with Gasteiger partial charge in [0.15, 0.2) is 5.60 Å². The molecule has 0 aromatic heterocycles. The van der Waals surface area contributed by atoms with Gasteiger partial charge in [0, 0.05) is 24.4 Å². The van der Waals surface area contributed by atoms with E-state index in [-0.39, 0.29) is 11.8 Å². The molecule has 2 N–H and O–H groups in total. The molecule has 1 fully saturated rings. The molecule has 2 aromatic rings. The van der Waals surface area contributed by atoms with Gasteiger partial charge in [0.1, 0.15) is 0 Å². The number of carbonyl (C=O) groups is 2. The lowest BCUT2D eigenvalue weighted by Gasteiger charge is -2.27. The summed E-state index contributed by atoms with van der Waals surface area (Å²) >= 11 is 0. The highest BCUT2D eigenvalue weighted by molar-refractivity contribution is 6.00. The van der Waals surface area contributed by atoms with Crippen molar-refractivity contribution in [2.75, 3.05) is 12.4 Å². The second-order valence-electron chi connectivity index (χ2n) is 6.39. The van der Waals surface area contributed by atoms with Gasteiger partial charge in [-0.05, 0) is 43.5 Å². The molecule has 5 heteroatoms. The number of methoxy groups -OCH3 is 1. The van der Waals surface area contributed by atoms with Crippen LogP contribution < -0.4 is 10.6 Å². The molecule has 0 saturated heterocycles. The fraction of sp³-hybridized carbons (Fsp3) is 0.300. The Labute approximate surface area is 147 Å². The summed E-state index contributed by atoms with van der Waals surface area (Å²) in [6.45, 7) is 1.72. The predicted molar refractivity (Wildman–Crippen MR) is 96.4 cm³/mol. The van der Waals surface area contributed by atoms with Crippen molar-refractivity contribution in [2.45, 2.75) is 31.4 Å². The molecule has 0 heterocycles. The van der Waals surface area contributed by atoms with Crippen LogP contribution in [0.4, 0.5) is 5.69 Å². The Morgan fingerprint density at radius 1 is 1.08 bits per heavy atom. The average Bonchev–Trinajstić information content (AvgIpc) is 3.46. The number of rotatable bonds is 6. The Bertz CT molecular complexity index is 772. The zero-order valence-electron chi connectivity index (χ0n) is 14.4. The maximum absolute atomic E-state index is 12.8. The van der Waals surface area contributed by atoms with E-state index in [1.165, 1.54) is 7.11 Å². The van der Waals surface area contributed by atoms with Crippen LogP contribution in [0.15, 0.2) is 54.6 Å². The lowest BCUT2D eigenvalue weighted by molar-refractivity contribution is -0.136. The van der Waals surface area contributed by atoms with E-state index in [9.17, 15) is 9.59 Å². The summed E-state index contributed by atoms with van der Waals surface area (Å²) in [6.07, 6.45) is 2.07. The normalized spacial score (nSPS) is 15.9. The van der Waals surface area contributed by atoms with Gasteiger partial charge in [-0.3, -0.25) is 9.59 Å². The van der Waals surface area contributed by atoms with Crippen LogP contribution >= 0.6 is 0 Å². The molecule has 2 amide bonds. The van der Waals surface area contributed by atoms with Crippen molar-refractivity contribution in [1.82, 2.24) is 5.32 Å². The smallest absolute Gasteiger partial charge is 0.260 e. The van der Waals surface area contributed by atoms with E-state index in [1.54, 1.807) is 31.2 Å². The number of hydrogen-bond donors (Lipinski definition) is 2. The molecule has 2 aromatic carbocycles. The molecule has 0 aliphatic heterocycles. The van der Waals surface area contributed by atoms with Gasteiger partial charge in [0.05, 0.1) is 0 Å². The second-order valence-corrected chi connectivity index (χ2v) is 6.39. The van der Waals surface area contributed by atoms with Crippen molar-refractivity contribution < 1.29 is 14.3 Å². The molecule has 1 saturated carbocycles. The van der Waals surface area contributed by atoms with Crippen LogP contribution in [0.1, 0.15) is 35.7 Å². The van der Waals surface area contributed by atoms with Crippen LogP contribution in [0.3, 0.4) is 0 Å². The number of hydrogen-bond acceptors (Lipinski definition) is 3. The van der Waals surface area contributed by atoms with Gasteiger partial charge in [-0.25, -0.2) is 0 Å². The molecule has 0 unspecified atom stereocenters. The summed E-state index contributed by atoms with van der Waals surface area (Å²) in [5.41, 5.74) is 0.738. The minimum Gasteiger partial charge on any atom is -0.364 e. The van der Waals surface area contributed by atoms with Gasteiger partial charge in [-0.2, -0.15) is 0 Å². The monoisotopic (exact) mass is 338 g/mol. The molecule has 0 bridgehead atoms. The molecule has 1 atom stereocenters. The predicted octanol–water partition coefficient (Wildman–Crippen LogP) is 3.08. The first-order valence-electron chi connectivity index (χ1n) is 8.36. The molecule has 1 aliphatic carbocycles. The number of ether oxygens (including phenoxy) is 1. The Kier molecular flexibility index (Phi) is 4.86. The molecule has 1 aliphatic rings. The Hall–Kier alpha value is -2.66. The number of carbonyl (C=O) groups excluding carboxylic acids is 2. The highest BCUT2D eigenvalue weighted by Gasteiger charge is 2.35. The summed E-state index contributed by atoms with van der Waals surface area (Å²) in [4.78, 5) is 25.0. The highest BCUT2D eigenvalue weighted by atomic mass is 16.5. The molecular formula is C20H22N2O3. The molecule has 25 heavy (non-hydrogen) atoms. The van der Waals surface area contributed by atoms with Crippen LogP contribution in [-0.4, -0.2) is 25.0 Å². The van der Waals surface area contributed by atoms with Gasteiger partial charge >= 0.3 is 0 Å². The molecule has 130 valence electrons. The topological polar surface area (TPSA) is 67.4 Å². The summed E-state index contributed by atoms with van der Waals surface area (Å²) in [7, 11) is 1.51. The van der Waals surface area contributed by atoms with Crippen molar-refractivity contribution in [1.29, 1.82) is 0 Å². The minimum absolute atomic E-state index is 0.115. The van der Waals surface area contributed by atoms with Crippen molar-refractivity contribution >= 4 is 17.5 Å². The van der Waals surface area contributed by atoms with E-state index in [0.717, 1.165) is 18.4 Å². The maximum Gasteiger partial charge on any atom is 0.260 e. The summed E-state index contributed by atoms with van der Waals surface area (Å²) < 4.78 is 5.51. The van der Waals surface area contributed by atoms with E-state index in [0.29, 0.717) is 17.3 Å². The fourth-order valence-electron chi connectivity index (χ4n) is 2.58. The third kappa shape index (κ3) is 3.88. The van der Waals surface area contributed by atoms with Crippen LogP contribution in [-0.2, 0) is 15.1 Å².